The zero-order valence-electron chi connectivity index (χ0n) is 12.3. The molecule has 0 radical (unpaired) electrons. The molecule has 1 fully saturated rings. The minimum atomic E-state index is 0.384. The summed E-state index contributed by atoms with van der Waals surface area (Å²) in [5.74, 6) is 2.32. The lowest BCUT2D eigenvalue weighted by Gasteiger charge is -2.24. The fraction of sp³-hybridized carbons (Fsp3) is 0.600. The third-order valence-electron chi connectivity index (χ3n) is 4.08. The van der Waals surface area contributed by atoms with Gasteiger partial charge in [-0.2, -0.15) is 0 Å². The maximum Gasteiger partial charge on any atom is 0.127 e. The molecule has 19 heavy (non-hydrogen) atoms. The Morgan fingerprint density at radius 3 is 2.58 bits per heavy atom. The van der Waals surface area contributed by atoms with E-state index in [0.717, 1.165) is 31.0 Å². The van der Waals surface area contributed by atoms with E-state index in [-0.39, 0.29) is 0 Å². The van der Waals surface area contributed by atoms with Crippen LogP contribution in [-0.4, -0.2) is 39.3 Å². The average molecular weight is 264 g/mol. The second kappa shape index (κ2) is 5.80. The van der Waals surface area contributed by atoms with Crippen LogP contribution in [0.5, 0.6) is 11.5 Å². The van der Waals surface area contributed by atoms with Crippen molar-refractivity contribution in [3.05, 3.63) is 23.3 Å². The van der Waals surface area contributed by atoms with Crippen molar-refractivity contribution in [2.24, 2.45) is 11.7 Å². The maximum atomic E-state index is 5.81. The summed E-state index contributed by atoms with van der Waals surface area (Å²) < 4.78 is 10.9. The molecule has 4 nitrogen and oxygen atoms in total. The second-order valence-corrected chi connectivity index (χ2v) is 5.35. The SMILES string of the molecule is COc1cc(C)c(C2CC(CN)CN2C)c(OC)c1. The Morgan fingerprint density at radius 2 is 2.05 bits per heavy atom. The average Bonchev–Trinajstić information content (AvgIpc) is 2.78. The van der Waals surface area contributed by atoms with Crippen molar-refractivity contribution in [3.8, 4) is 11.5 Å². The molecule has 1 saturated heterocycles. The van der Waals surface area contributed by atoms with Crippen molar-refractivity contribution in [1.29, 1.82) is 0 Å². The predicted molar refractivity (Wildman–Crippen MR) is 76.8 cm³/mol. The van der Waals surface area contributed by atoms with Gasteiger partial charge >= 0.3 is 0 Å². The Hall–Kier alpha value is -1.26. The first-order valence-corrected chi connectivity index (χ1v) is 6.73. The van der Waals surface area contributed by atoms with Crippen molar-refractivity contribution in [2.75, 3.05) is 34.4 Å². The van der Waals surface area contributed by atoms with Crippen LogP contribution >= 0.6 is 0 Å². The summed E-state index contributed by atoms with van der Waals surface area (Å²) in [6.45, 7) is 3.91. The first-order valence-electron chi connectivity index (χ1n) is 6.73. The van der Waals surface area contributed by atoms with Gasteiger partial charge in [0, 0.05) is 24.2 Å². The number of methoxy groups -OCH3 is 2. The Balaban J connectivity index is 2.39. The molecule has 1 aliphatic heterocycles. The van der Waals surface area contributed by atoms with Crippen LogP contribution in [0.1, 0.15) is 23.6 Å². The van der Waals surface area contributed by atoms with E-state index in [0.29, 0.717) is 12.0 Å². The summed E-state index contributed by atoms with van der Waals surface area (Å²) in [4.78, 5) is 2.37. The summed E-state index contributed by atoms with van der Waals surface area (Å²) in [7, 11) is 5.55. The third-order valence-corrected chi connectivity index (χ3v) is 4.08. The lowest BCUT2D eigenvalue weighted by molar-refractivity contribution is 0.301. The first-order chi connectivity index (χ1) is 9.10. The smallest absolute Gasteiger partial charge is 0.127 e. The quantitative estimate of drug-likeness (QED) is 0.903. The first kappa shape index (κ1) is 14.2. The number of ether oxygens (including phenoxy) is 2. The lowest BCUT2D eigenvalue weighted by Crippen LogP contribution is -2.21. The topological polar surface area (TPSA) is 47.7 Å². The van der Waals surface area contributed by atoms with Crippen LogP contribution in [0.3, 0.4) is 0 Å². The number of likely N-dealkylation sites (tertiary alicyclic amines) is 1. The molecule has 2 rings (SSSR count). The molecule has 1 aromatic carbocycles. The lowest BCUT2D eigenvalue weighted by atomic mass is 9.95. The minimum absolute atomic E-state index is 0.384. The van der Waals surface area contributed by atoms with E-state index >= 15 is 0 Å². The van der Waals surface area contributed by atoms with Crippen LogP contribution in [0, 0.1) is 12.8 Å². The van der Waals surface area contributed by atoms with Gasteiger partial charge in [0.25, 0.3) is 0 Å². The molecule has 106 valence electrons. The van der Waals surface area contributed by atoms with E-state index in [4.69, 9.17) is 15.2 Å². The molecule has 0 bridgehead atoms. The molecule has 0 saturated carbocycles. The molecular formula is C15H24N2O2. The van der Waals surface area contributed by atoms with Crippen LogP contribution < -0.4 is 15.2 Å². The van der Waals surface area contributed by atoms with Gasteiger partial charge in [-0.15, -0.1) is 0 Å². The highest BCUT2D eigenvalue weighted by molar-refractivity contribution is 5.48. The van der Waals surface area contributed by atoms with Gasteiger partial charge in [0.2, 0.25) is 0 Å². The zero-order chi connectivity index (χ0) is 14.0. The van der Waals surface area contributed by atoms with Crippen LogP contribution in [0.15, 0.2) is 12.1 Å². The van der Waals surface area contributed by atoms with Gasteiger partial charge in [0.15, 0.2) is 0 Å². The predicted octanol–water partition coefficient (Wildman–Crippen LogP) is 1.96. The van der Waals surface area contributed by atoms with Gasteiger partial charge in [-0.25, -0.2) is 0 Å². The summed E-state index contributed by atoms with van der Waals surface area (Å²) in [5.41, 5.74) is 8.29. The molecule has 1 aliphatic rings. The molecule has 0 amide bonds. The van der Waals surface area contributed by atoms with E-state index in [9.17, 15) is 0 Å². The molecule has 2 N–H and O–H groups in total. The largest absolute Gasteiger partial charge is 0.497 e. The molecule has 1 aromatic rings. The van der Waals surface area contributed by atoms with Crippen molar-refractivity contribution in [1.82, 2.24) is 4.90 Å². The summed E-state index contributed by atoms with van der Waals surface area (Å²) >= 11 is 0. The van der Waals surface area contributed by atoms with Gasteiger partial charge in [-0.1, -0.05) is 0 Å². The van der Waals surface area contributed by atoms with Gasteiger partial charge in [0.05, 0.1) is 14.2 Å². The Kier molecular flexibility index (Phi) is 4.32. The molecule has 4 heteroatoms. The number of aryl methyl sites for hydroxylation is 1. The van der Waals surface area contributed by atoms with Gasteiger partial charge in [0.1, 0.15) is 11.5 Å². The van der Waals surface area contributed by atoms with Gasteiger partial charge < -0.3 is 15.2 Å². The summed E-state index contributed by atoms with van der Waals surface area (Å²) in [5, 5.41) is 0. The fourth-order valence-corrected chi connectivity index (χ4v) is 3.06. The standard InChI is InChI=1S/C15H24N2O2/c1-10-5-12(18-3)7-14(19-4)15(10)13-6-11(8-16)9-17(13)2/h5,7,11,13H,6,8-9,16H2,1-4H3. The summed E-state index contributed by atoms with van der Waals surface area (Å²) in [6.07, 6.45) is 1.09. The molecule has 2 unspecified atom stereocenters. The number of benzene rings is 1. The third kappa shape index (κ3) is 2.69. The Bertz CT molecular complexity index is 448. The van der Waals surface area contributed by atoms with E-state index in [2.05, 4.69) is 24.9 Å². The highest BCUT2D eigenvalue weighted by Gasteiger charge is 2.32. The van der Waals surface area contributed by atoms with E-state index in [1.54, 1.807) is 14.2 Å². The van der Waals surface area contributed by atoms with Crippen molar-refractivity contribution >= 4 is 0 Å². The molecule has 0 aliphatic carbocycles. The number of nitrogens with zero attached hydrogens (tertiary/aromatic N) is 1. The van der Waals surface area contributed by atoms with Crippen LogP contribution in [0.25, 0.3) is 0 Å². The normalized spacial score (nSPS) is 23.6. The fourth-order valence-electron chi connectivity index (χ4n) is 3.06. The molecular weight excluding hydrogens is 240 g/mol. The van der Waals surface area contributed by atoms with Crippen molar-refractivity contribution in [3.63, 3.8) is 0 Å². The van der Waals surface area contributed by atoms with E-state index < -0.39 is 0 Å². The summed E-state index contributed by atoms with van der Waals surface area (Å²) in [6, 6.07) is 4.42. The van der Waals surface area contributed by atoms with Crippen LogP contribution in [0.2, 0.25) is 0 Å². The number of rotatable bonds is 4. The molecule has 0 aromatic heterocycles. The molecule has 1 heterocycles. The Labute approximate surface area is 115 Å². The van der Waals surface area contributed by atoms with E-state index in [1.807, 2.05) is 6.07 Å². The highest BCUT2D eigenvalue weighted by atomic mass is 16.5. The monoisotopic (exact) mass is 264 g/mol. The number of hydrogen-bond donors (Lipinski definition) is 1. The highest BCUT2D eigenvalue weighted by Crippen LogP contribution is 2.41. The minimum Gasteiger partial charge on any atom is -0.497 e. The van der Waals surface area contributed by atoms with Gasteiger partial charge in [-0.05, 0) is 44.5 Å². The van der Waals surface area contributed by atoms with Crippen LogP contribution in [0.4, 0.5) is 0 Å². The van der Waals surface area contributed by atoms with Crippen LogP contribution in [-0.2, 0) is 0 Å². The van der Waals surface area contributed by atoms with Gasteiger partial charge in [-0.3, -0.25) is 4.90 Å². The zero-order valence-corrected chi connectivity index (χ0v) is 12.3. The number of hydrogen-bond acceptors (Lipinski definition) is 4. The molecule has 2 atom stereocenters. The Morgan fingerprint density at radius 1 is 1.32 bits per heavy atom. The number of nitrogens with two attached hydrogens (primary N) is 1. The second-order valence-electron chi connectivity index (χ2n) is 5.35. The van der Waals surface area contributed by atoms with Crippen molar-refractivity contribution in [2.45, 2.75) is 19.4 Å². The van der Waals surface area contributed by atoms with Crippen molar-refractivity contribution < 1.29 is 9.47 Å². The van der Waals surface area contributed by atoms with E-state index in [1.165, 1.54) is 11.1 Å². The molecule has 0 spiro atoms. The maximum absolute atomic E-state index is 5.81.